The van der Waals surface area contributed by atoms with Crippen LogP contribution in [0.4, 0.5) is 0 Å². The molecule has 2 aliphatic rings. The smallest absolute Gasteiger partial charge is 0.252 e. The van der Waals surface area contributed by atoms with Crippen molar-refractivity contribution in [2.24, 2.45) is 0 Å². The quantitative estimate of drug-likeness (QED) is 0.446. The van der Waals surface area contributed by atoms with Crippen LogP contribution < -0.4 is 25.4 Å². The fourth-order valence-corrected chi connectivity index (χ4v) is 5.19. The molecule has 2 aromatic rings. The molecule has 0 unspecified atom stereocenters. The Hall–Kier alpha value is -3.89. The lowest BCUT2D eigenvalue weighted by Gasteiger charge is -2.29. The number of hydrogen-bond donors (Lipinski definition) is 4. The normalized spacial score (nSPS) is 21.7. The largest absolute Gasteiger partial charge is 0.493 e. The maximum atomic E-state index is 13.2. The summed E-state index contributed by atoms with van der Waals surface area (Å²) in [6, 6.07) is 9.56. The van der Waals surface area contributed by atoms with Crippen molar-refractivity contribution >= 4 is 23.8 Å². The first-order valence-corrected chi connectivity index (χ1v) is 14.0. The number of carbonyl (C=O) groups excluding carboxylic acids is 3. The van der Waals surface area contributed by atoms with Crippen LogP contribution in [0.1, 0.15) is 47.3 Å². The minimum absolute atomic E-state index is 0.114. The summed E-state index contributed by atoms with van der Waals surface area (Å²) in [6.45, 7) is 7.06. The molecule has 0 fully saturated rings. The van der Waals surface area contributed by atoms with Gasteiger partial charge in [-0.2, -0.15) is 0 Å². The number of rotatable bonds is 4. The van der Waals surface area contributed by atoms with Crippen molar-refractivity contribution in [3.63, 3.8) is 0 Å². The van der Waals surface area contributed by atoms with Crippen LogP contribution in [0.5, 0.6) is 11.5 Å². The highest BCUT2D eigenvalue weighted by Gasteiger charge is 2.28. The number of methoxy groups -OCH3 is 1. The SMILES string of the molecule is COc1cccc2c1OCC(CN1CC(=O)NCCCc3cc(ccc3C)C(=O)N[C@@H]([C@@H](C)O)C(=O)N[C@H](C)C1)=C2. The van der Waals surface area contributed by atoms with Crippen LogP contribution in [-0.2, 0) is 16.0 Å². The predicted octanol–water partition coefficient (Wildman–Crippen LogP) is 1.83. The maximum absolute atomic E-state index is 13.2. The highest BCUT2D eigenvalue weighted by atomic mass is 16.5. The van der Waals surface area contributed by atoms with Crippen molar-refractivity contribution in [2.45, 2.75) is 51.8 Å². The summed E-state index contributed by atoms with van der Waals surface area (Å²) in [5.41, 5.74) is 4.32. The number of para-hydroxylation sites is 1. The van der Waals surface area contributed by atoms with E-state index in [0.717, 1.165) is 22.3 Å². The second kappa shape index (κ2) is 13.6. The minimum atomic E-state index is -1.14. The van der Waals surface area contributed by atoms with Gasteiger partial charge in [0.2, 0.25) is 11.8 Å². The van der Waals surface area contributed by atoms with Crippen LogP contribution in [0, 0.1) is 6.92 Å². The third-order valence-corrected chi connectivity index (χ3v) is 7.31. The molecule has 4 N–H and O–H groups in total. The Morgan fingerprint density at radius 1 is 1.17 bits per heavy atom. The summed E-state index contributed by atoms with van der Waals surface area (Å²) in [6.07, 6.45) is 2.32. The van der Waals surface area contributed by atoms with Gasteiger partial charge in [-0.05, 0) is 74.6 Å². The van der Waals surface area contributed by atoms with Gasteiger partial charge in [-0.1, -0.05) is 18.2 Å². The lowest BCUT2D eigenvalue weighted by molar-refractivity contribution is -0.126. The zero-order valence-electron chi connectivity index (χ0n) is 24.2. The second-order valence-electron chi connectivity index (χ2n) is 10.8. The molecule has 0 saturated carbocycles. The maximum Gasteiger partial charge on any atom is 0.252 e. The number of aryl methyl sites for hydroxylation is 2. The first kappa shape index (κ1) is 30.1. The van der Waals surface area contributed by atoms with E-state index < -0.39 is 24.0 Å². The Balaban J connectivity index is 1.55. The Morgan fingerprint density at radius 2 is 1.98 bits per heavy atom. The van der Waals surface area contributed by atoms with Crippen molar-refractivity contribution in [1.29, 1.82) is 0 Å². The molecule has 2 aliphatic heterocycles. The summed E-state index contributed by atoms with van der Waals surface area (Å²) in [7, 11) is 1.60. The van der Waals surface area contributed by atoms with Crippen molar-refractivity contribution in [2.75, 3.05) is 39.9 Å². The van der Waals surface area contributed by atoms with Gasteiger partial charge in [-0.15, -0.1) is 0 Å². The first-order valence-electron chi connectivity index (χ1n) is 14.0. The third-order valence-electron chi connectivity index (χ3n) is 7.31. The molecule has 2 bridgehead atoms. The van der Waals surface area contributed by atoms with E-state index in [1.807, 2.05) is 49.1 Å². The molecule has 10 nitrogen and oxygen atoms in total. The highest BCUT2D eigenvalue weighted by Crippen LogP contribution is 2.35. The van der Waals surface area contributed by atoms with Crippen molar-refractivity contribution in [3.05, 3.63) is 64.2 Å². The highest BCUT2D eigenvalue weighted by molar-refractivity contribution is 5.98. The van der Waals surface area contributed by atoms with Gasteiger partial charge in [0.05, 0.1) is 19.8 Å². The van der Waals surface area contributed by atoms with Crippen LogP contribution in [0.25, 0.3) is 6.08 Å². The van der Waals surface area contributed by atoms with E-state index in [0.29, 0.717) is 56.1 Å². The first-order chi connectivity index (χ1) is 19.6. The standard InChI is InChI=1S/C31H40N4O6/c1-19-10-11-25-14-23(19)8-6-12-32-27(37)17-35(15-20(2)33-31(39)28(21(3)36)34-30(25)38)16-22-13-24-7-5-9-26(40-4)29(24)41-18-22/h5,7,9-11,13-14,20-21,28,36H,6,8,12,15-18H2,1-4H3,(H,32,37)(H,33,39)(H,34,38)/t20-,21-,28+/m1/s1. The number of nitrogens with zero attached hydrogens (tertiary/aromatic N) is 1. The molecule has 0 aliphatic carbocycles. The Bertz CT molecular complexity index is 1310. The fourth-order valence-electron chi connectivity index (χ4n) is 5.19. The van der Waals surface area contributed by atoms with E-state index in [1.54, 1.807) is 19.2 Å². The Kier molecular flexibility index (Phi) is 10.0. The number of fused-ring (bicyclic) bond motifs is 3. The van der Waals surface area contributed by atoms with Crippen LogP contribution in [-0.4, -0.2) is 85.8 Å². The van der Waals surface area contributed by atoms with Gasteiger partial charge >= 0.3 is 0 Å². The van der Waals surface area contributed by atoms with E-state index in [9.17, 15) is 19.5 Å². The van der Waals surface area contributed by atoms with E-state index >= 15 is 0 Å². The van der Waals surface area contributed by atoms with E-state index in [4.69, 9.17) is 9.47 Å². The minimum Gasteiger partial charge on any atom is -0.493 e. The molecular formula is C31H40N4O6. The molecule has 220 valence electrons. The van der Waals surface area contributed by atoms with E-state index in [1.165, 1.54) is 6.92 Å². The second-order valence-corrected chi connectivity index (χ2v) is 10.8. The molecule has 3 amide bonds. The number of ether oxygens (including phenoxy) is 2. The molecule has 0 aromatic heterocycles. The summed E-state index contributed by atoms with van der Waals surface area (Å²) < 4.78 is 11.4. The molecule has 2 heterocycles. The monoisotopic (exact) mass is 564 g/mol. The summed E-state index contributed by atoms with van der Waals surface area (Å²) >= 11 is 0. The summed E-state index contributed by atoms with van der Waals surface area (Å²) in [5, 5.41) is 19.0. The molecule has 3 atom stereocenters. The Labute approximate surface area is 241 Å². The van der Waals surface area contributed by atoms with Crippen molar-refractivity contribution < 1.29 is 29.0 Å². The number of nitrogens with one attached hydrogen (secondary N) is 3. The fraction of sp³-hybridized carbons (Fsp3) is 0.452. The molecule has 0 saturated heterocycles. The number of carbonyl (C=O) groups is 3. The zero-order chi connectivity index (χ0) is 29.5. The number of benzene rings is 2. The molecule has 41 heavy (non-hydrogen) atoms. The number of aliphatic hydroxyl groups excluding tert-OH is 1. The summed E-state index contributed by atoms with van der Waals surface area (Å²) in [5.74, 6) is 0.309. The molecule has 0 radical (unpaired) electrons. The average molecular weight is 565 g/mol. The van der Waals surface area contributed by atoms with Crippen LogP contribution in [0.15, 0.2) is 42.0 Å². The van der Waals surface area contributed by atoms with Crippen molar-refractivity contribution in [3.8, 4) is 11.5 Å². The number of hydrogen-bond acceptors (Lipinski definition) is 7. The lowest BCUT2D eigenvalue weighted by atomic mass is 10.00. The van der Waals surface area contributed by atoms with Gasteiger partial charge in [0.15, 0.2) is 11.5 Å². The molecule has 10 heteroatoms. The van der Waals surface area contributed by atoms with Gasteiger partial charge in [-0.3, -0.25) is 19.3 Å². The Morgan fingerprint density at radius 3 is 2.73 bits per heavy atom. The van der Waals surface area contributed by atoms with Gasteiger partial charge in [0.25, 0.3) is 5.91 Å². The van der Waals surface area contributed by atoms with Gasteiger partial charge < -0.3 is 30.5 Å². The molecule has 2 aromatic carbocycles. The van der Waals surface area contributed by atoms with Crippen molar-refractivity contribution in [1.82, 2.24) is 20.9 Å². The zero-order valence-corrected chi connectivity index (χ0v) is 24.2. The number of aliphatic hydroxyl groups is 1. The van der Waals surface area contributed by atoms with Crippen LogP contribution in [0.2, 0.25) is 0 Å². The third kappa shape index (κ3) is 7.86. The van der Waals surface area contributed by atoms with Gasteiger partial charge in [-0.25, -0.2) is 0 Å². The van der Waals surface area contributed by atoms with Gasteiger partial charge in [0, 0.05) is 36.8 Å². The lowest BCUT2D eigenvalue weighted by Crippen LogP contribution is -2.55. The topological polar surface area (TPSA) is 129 Å². The van der Waals surface area contributed by atoms with Crippen LogP contribution >= 0.6 is 0 Å². The molecule has 4 rings (SSSR count). The summed E-state index contributed by atoms with van der Waals surface area (Å²) in [4.78, 5) is 41.1. The number of amides is 3. The van der Waals surface area contributed by atoms with E-state index in [-0.39, 0.29) is 18.5 Å². The van der Waals surface area contributed by atoms with E-state index in [2.05, 4.69) is 16.0 Å². The average Bonchev–Trinajstić information content (AvgIpc) is 2.93. The molecule has 0 spiro atoms. The van der Waals surface area contributed by atoms with Gasteiger partial charge in [0.1, 0.15) is 12.6 Å². The van der Waals surface area contributed by atoms with Crippen LogP contribution in [0.3, 0.4) is 0 Å². The predicted molar refractivity (Wildman–Crippen MR) is 156 cm³/mol. The molecular weight excluding hydrogens is 524 g/mol.